The summed E-state index contributed by atoms with van der Waals surface area (Å²) in [4.78, 5) is 15.3. The maximum absolute atomic E-state index is 5.23. The maximum atomic E-state index is 5.23. The normalized spacial score (nSPS) is 11.4. The van der Waals surface area contributed by atoms with Gasteiger partial charge in [-0.3, -0.25) is 0 Å². The van der Waals surface area contributed by atoms with Crippen LogP contribution in [0.25, 0.3) is 76.2 Å². The van der Waals surface area contributed by atoms with Gasteiger partial charge in [-0.2, -0.15) is 0 Å². The van der Waals surface area contributed by atoms with Crippen molar-refractivity contribution in [3.05, 3.63) is 140 Å². The van der Waals surface area contributed by atoms with Crippen LogP contribution in [0.4, 0.5) is 0 Å². The summed E-state index contributed by atoms with van der Waals surface area (Å²) in [7, 11) is 0. The molecule has 8 rings (SSSR count). The topological polar surface area (TPSA) is 38.7 Å². The van der Waals surface area contributed by atoms with E-state index >= 15 is 0 Å². The number of hydrogen-bond donors (Lipinski definition) is 0. The molecule has 3 nitrogen and oxygen atoms in total. The molecule has 0 radical (unpaired) electrons. The molecule has 0 saturated carbocycles. The van der Waals surface area contributed by atoms with Gasteiger partial charge >= 0.3 is 0 Å². The first-order chi connectivity index (χ1) is 20.3. The SMILES string of the molecule is c1ccc(-c2cc(-c3ccccc3)nc(-c3cccc(-c4nc5ccccc5c5sc6ccccc6c45)c3)n2)cc1. The van der Waals surface area contributed by atoms with E-state index < -0.39 is 0 Å². The van der Waals surface area contributed by atoms with Gasteiger partial charge in [0, 0.05) is 47.8 Å². The maximum Gasteiger partial charge on any atom is 0.160 e. The standard InChI is InChI=1S/C37H23N3S/c1-3-12-24(13-4-1)31-23-32(25-14-5-2-6-15-25)40-37(39-31)27-17-11-16-26(22-27)35-34-29-19-8-10-21-33(29)41-36(34)28-18-7-9-20-30(28)38-35/h1-23H. The van der Waals surface area contributed by atoms with Gasteiger partial charge in [0.15, 0.2) is 5.82 Å². The van der Waals surface area contributed by atoms with Gasteiger partial charge in [0.2, 0.25) is 0 Å². The number of para-hydroxylation sites is 1. The fourth-order valence-electron chi connectivity index (χ4n) is 5.51. The number of fused-ring (bicyclic) bond motifs is 5. The number of benzene rings is 5. The molecule has 0 aliphatic carbocycles. The number of thiophene rings is 1. The lowest BCUT2D eigenvalue weighted by Gasteiger charge is -2.11. The number of pyridine rings is 1. The van der Waals surface area contributed by atoms with Crippen molar-refractivity contribution >= 4 is 42.4 Å². The Hall–Kier alpha value is -5.19. The first-order valence-electron chi connectivity index (χ1n) is 13.6. The Morgan fingerprint density at radius 2 is 1.02 bits per heavy atom. The first kappa shape index (κ1) is 23.7. The average molecular weight is 542 g/mol. The van der Waals surface area contributed by atoms with Gasteiger partial charge in [-0.25, -0.2) is 15.0 Å². The Morgan fingerprint density at radius 1 is 0.439 bits per heavy atom. The molecule has 3 heterocycles. The monoisotopic (exact) mass is 541 g/mol. The summed E-state index contributed by atoms with van der Waals surface area (Å²) < 4.78 is 2.54. The molecular weight excluding hydrogens is 518 g/mol. The smallest absolute Gasteiger partial charge is 0.160 e. The zero-order valence-electron chi connectivity index (χ0n) is 22.0. The van der Waals surface area contributed by atoms with E-state index in [0.717, 1.165) is 44.9 Å². The highest BCUT2D eigenvalue weighted by atomic mass is 32.1. The average Bonchev–Trinajstić information content (AvgIpc) is 3.45. The number of hydrogen-bond acceptors (Lipinski definition) is 4. The predicted octanol–water partition coefficient (Wildman–Crippen LogP) is 10.1. The molecule has 0 saturated heterocycles. The van der Waals surface area contributed by atoms with Gasteiger partial charge in [0.05, 0.1) is 22.6 Å². The fraction of sp³-hybridized carbons (Fsp3) is 0. The van der Waals surface area contributed by atoms with Crippen molar-refractivity contribution < 1.29 is 0 Å². The minimum atomic E-state index is 0.694. The summed E-state index contributed by atoms with van der Waals surface area (Å²) in [5.74, 6) is 0.694. The second-order valence-electron chi connectivity index (χ2n) is 10.1. The van der Waals surface area contributed by atoms with Crippen molar-refractivity contribution in [2.75, 3.05) is 0 Å². The molecule has 0 fully saturated rings. The summed E-state index contributed by atoms with van der Waals surface area (Å²) in [5.41, 5.74) is 7.92. The molecule has 0 amide bonds. The molecule has 8 aromatic rings. The largest absolute Gasteiger partial charge is 0.247 e. The van der Waals surface area contributed by atoms with Crippen LogP contribution in [0.2, 0.25) is 0 Å². The van der Waals surface area contributed by atoms with Crippen molar-refractivity contribution in [2.24, 2.45) is 0 Å². The summed E-state index contributed by atoms with van der Waals surface area (Å²) in [6.07, 6.45) is 0. The number of aromatic nitrogens is 3. The summed E-state index contributed by atoms with van der Waals surface area (Å²) in [5, 5.41) is 3.63. The molecule has 0 N–H and O–H groups in total. The Bertz CT molecular complexity index is 2140. The minimum Gasteiger partial charge on any atom is -0.247 e. The third-order valence-electron chi connectivity index (χ3n) is 7.47. The van der Waals surface area contributed by atoms with Crippen molar-refractivity contribution in [2.45, 2.75) is 0 Å². The molecule has 0 aliphatic heterocycles. The van der Waals surface area contributed by atoms with Gasteiger partial charge in [-0.15, -0.1) is 11.3 Å². The van der Waals surface area contributed by atoms with Crippen LogP contribution in [0.15, 0.2) is 140 Å². The molecule has 5 aromatic carbocycles. The van der Waals surface area contributed by atoms with E-state index in [4.69, 9.17) is 15.0 Å². The van der Waals surface area contributed by atoms with Crippen LogP contribution in [0, 0.1) is 0 Å². The Balaban J connectivity index is 1.36. The van der Waals surface area contributed by atoms with E-state index in [1.165, 1.54) is 25.6 Å². The van der Waals surface area contributed by atoms with Crippen molar-refractivity contribution in [1.82, 2.24) is 15.0 Å². The van der Waals surface area contributed by atoms with E-state index in [0.29, 0.717) is 5.82 Å². The van der Waals surface area contributed by atoms with E-state index in [2.05, 4.69) is 103 Å². The van der Waals surface area contributed by atoms with E-state index in [9.17, 15) is 0 Å². The Morgan fingerprint density at radius 3 is 1.76 bits per heavy atom. The summed E-state index contributed by atoms with van der Waals surface area (Å²) in [6.45, 7) is 0. The number of nitrogens with zero attached hydrogens (tertiary/aromatic N) is 3. The molecule has 0 aliphatic rings. The molecule has 0 spiro atoms. The van der Waals surface area contributed by atoms with Crippen molar-refractivity contribution in [1.29, 1.82) is 0 Å². The quantitative estimate of drug-likeness (QED) is 0.222. The van der Waals surface area contributed by atoms with Crippen LogP contribution in [0.5, 0.6) is 0 Å². The van der Waals surface area contributed by atoms with Crippen LogP contribution >= 0.6 is 11.3 Å². The highest BCUT2D eigenvalue weighted by Crippen LogP contribution is 2.43. The van der Waals surface area contributed by atoms with Gasteiger partial charge in [-0.05, 0) is 24.3 Å². The van der Waals surface area contributed by atoms with E-state index in [-0.39, 0.29) is 0 Å². The predicted molar refractivity (Wildman–Crippen MR) is 172 cm³/mol. The Kier molecular flexibility index (Phi) is 5.64. The first-order valence-corrected chi connectivity index (χ1v) is 14.4. The van der Waals surface area contributed by atoms with E-state index in [1.807, 2.05) is 47.7 Å². The molecular formula is C37H23N3S. The van der Waals surface area contributed by atoms with Crippen molar-refractivity contribution in [3.63, 3.8) is 0 Å². The van der Waals surface area contributed by atoms with Gasteiger partial charge < -0.3 is 0 Å². The van der Waals surface area contributed by atoms with Crippen LogP contribution in [0.1, 0.15) is 0 Å². The molecule has 0 bridgehead atoms. The summed E-state index contributed by atoms with van der Waals surface area (Å²) >= 11 is 1.84. The molecule has 192 valence electrons. The van der Waals surface area contributed by atoms with Crippen LogP contribution < -0.4 is 0 Å². The third kappa shape index (κ3) is 4.17. The number of rotatable bonds is 4. The van der Waals surface area contributed by atoms with Crippen LogP contribution in [-0.4, -0.2) is 15.0 Å². The Labute approximate surface area is 241 Å². The zero-order valence-corrected chi connectivity index (χ0v) is 22.8. The molecule has 41 heavy (non-hydrogen) atoms. The third-order valence-corrected chi connectivity index (χ3v) is 8.68. The molecule has 0 unspecified atom stereocenters. The molecule has 0 atom stereocenters. The lowest BCUT2D eigenvalue weighted by Crippen LogP contribution is -1.96. The van der Waals surface area contributed by atoms with Crippen LogP contribution in [0.3, 0.4) is 0 Å². The highest BCUT2D eigenvalue weighted by Gasteiger charge is 2.17. The second-order valence-corrected chi connectivity index (χ2v) is 11.1. The van der Waals surface area contributed by atoms with Crippen molar-refractivity contribution in [3.8, 4) is 45.2 Å². The van der Waals surface area contributed by atoms with Gasteiger partial charge in [-0.1, -0.05) is 115 Å². The zero-order chi connectivity index (χ0) is 27.2. The molecule has 4 heteroatoms. The second kappa shape index (κ2) is 9.77. The summed E-state index contributed by atoms with van der Waals surface area (Å²) in [6, 6.07) is 48.2. The molecule has 3 aromatic heterocycles. The van der Waals surface area contributed by atoms with Gasteiger partial charge in [0.1, 0.15) is 0 Å². The fourth-order valence-corrected chi connectivity index (χ4v) is 6.75. The lowest BCUT2D eigenvalue weighted by atomic mass is 10.0. The highest BCUT2D eigenvalue weighted by molar-refractivity contribution is 7.26. The van der Waals surface area contributed by atoms with Crippen LogP contribution in [-0.2, 0) is 0 Å². The lowest BCUT2D eigenvalue weighted by molar-refractivity contribution is 1.18. The minimum absolute atomic E-state index is 0.694. The van der Waals surface area contributed by atoms with Gasteiger partial charge in [0.25, 0.3) is 0 Å². The van der Waals surface area contributed by atoms with E-state index in [1.54, 1.807) is 0 Å².